The fraction of sp³-hybridized carbons (Fsp3) is 0.440. The number of amides is 2. The predicted molar refractivity (Wildman–Crippen MR) is 144 cm³/mol. The molecule has 1 atom stereocenters. The number of ether oxygens (including phenoxy) is 1. The Morgan fingerprint density at radius 1 is 1.08 bits per heavy atom. The molecule has 0 aliphatic carbocycles. The van der Waals surface area contributed by atoms with Crippen molar-refractivity contribution in [3.05, 3.63) is 58.1 Å². The van der Waals surface area contributed by atoms with E-state index in [0.717, 1.165) is 16.1 Å². The lowest BCUT2D eigenvalue weighted by Gasteiger charge is -2.33. The molecular formula is C25H33Cl2N3O5S. The predicted octanol–water partition coefficient (Wildman–Crippen LogP) is 4.35. The summed E-state index contributed by atoms with van der Waals surface area (Å²) in [4.78, 5) is 28.1. The van der Waals surface area contributed by atoms with Crippen molar-refractivity contribution in [1.82, 2.24) is 10.2 Å². The van der Waals surface area contributed by atoms with Crippen molar-refractivity contribution in [3.63, 3.8) is 0 Å². The van der Waals surface area contributed by atoms with Gasteiger partial charge in [0.05, 0.1) is 24.1 Å². The molecule has 2 aromatic rings. The number of hydrogen-bond acceptors (Lipinski definition) is 5. The molecule has 8 nitrogen and oxygen atoms in total. The molecular weight excluding hydrogens is 525 g/mol. The van der Waals surface area contributed by atoms with Crippen molar-refractivity contribution in [2.24, 2.45) is 5.92 Å². The molecule has 0 saturated heterocycles. The van der Waals surface area contributed by atoms with Gasteiger partial charge in [-0.25, -0.2) is 8.42 Å². The Morgan fingerprint density at radius 3 is 2.22 bits per heavy atom. The number of hydrogen-bond donors (Lipinski definition) is 1. The Balaban J connectivity index is 2.45. The number of carbonyl (C=O) groups excluding carboxylic acids is 2. The summed E-state index contributed by atoms with van der Waals surface area (Å²) in [7, 11) is -2.34. The van der Waals surface area contributed by atoms with E-state index in [1.807, 2.05) is 13.8 Å². The van der Waals surface area contributed by atoms with Crippen LogP contribution in [0.4, 0.5) is 5.69 Å². The summed E-state index contributed by atoms with van der Waals surface area (Å²) in [5.74, 6) is 0.0289. The maximum absolute atomic E-state index is 13.7. The van der Waals surface area contributed by atoms with E-state index in [-0.39, 0.29) is 29.1 Å². The second kappa shape index (κ2) is 13.2. The minimum atomic E-state index is -3.90. The van der Waals surface area contributed by atoms with Crippen molar-refractivity contribution in [2.45, 2.75) is 39.8 Å². The Kier molecular flexibility index (Phi) is 10.9. The summed E-state index contributed by atoms with van der Waals surface area (Å²) in [5, 5.41) is 3.30. The molecule has 0 unspecified atom stereocenters. The highest BCUT2D eigenvalue weighted by atomic mass is 35.5. The zero-order valence-electron chi connectivity index (χ0n) is 21.1. The summed E-state index contributed by atoms with van der Waals surface area (Å²) in [6, 6.07) is 10.6. The van der Waals surface area contributed by atoms with Crippen molar-refractivity contribution < 1.29 is 22.7 Å². The fourth-order valence-corrected chi connectivity index (χ4v) is 4.97. The SMILES string of the molecule is CC[C@@H](C(=O)NCC(C)C)N(Cc1ccc(OC)cc1)C(=O)CN(c1ccc(Cl)cc1Cl)S(C)(=O)=O. The first-order valence-electron chi connectivity index (χ1n) is 11.5. The molecule has 0 aliphatic heterocycles. The molecule has 2 amide bonds. The van der Waals surface area contributed by atoms with E-state index >= 15 is 0 Å². The van der Waals surface area contributed by atoms with Gasteiger partial charge in [-0.15, -0.1) is 0 Å². The number of carbonyl (C=O) groups is 2. The van der Waals surface area contributed by atoms with Crippen LogP contribution in [0, 0.1) is 5.92 Å². The van der Waals surface area contributed by atoms with Crippen LogP contribution in [0.3, 0.4) is 0 Å². The monoisotopic (exact) mass is 557 g/mol. The van der Waals surface area contributed by atoms with Gasteiger partial charge in [0.15, 0.2) is 0 Å². The van der Waals surface area contributed by atoms with Crippen LogP contribution in [0.25, 0.3) is 0 Å². The first kappa shape index (κ1) is 29.7. The van der Waals surface area contributed by atoms with E-state index in [1.165, 1.54) is 23.1 Å². The molecule has 2 aromatic carbocycles. The zero-order valence-corrected chi connectivity index (χ0v) is 23.5. The molecule has 2 rings (SSSR count). The quantitative estimate of drug-likeness (QED) is 0.418. The van der Waals surface area contributed by atoms with Crippen molar-refractivity contribution in [3.8, 4) is 5.75 Å². The first-order valence-corrected chi connectivity index (χ1v) is 14.1. The van der Waals surface area contributed by atoms with Crippen molar-refractivity contribution in [2.75, 3.05) is 30.8 Å². The van der Waals surface area contributed by atoms with Crippen LogP contribution in [0.1, 0.15) is 32.8 Å². The lowest BCUT2D eigenvalue weighted by atomic mass is 10.1. The molecule has 11 heteroatoms. The van der Waals surface area contributed by atoms with E-state index < -0.39 is 28.5 Å². The van der Waals surface area contributed by atoms with E-state index in [2.05, 4.69) is 5.32 Å². The van der Waals surface area contributed by atoms with Gasteiger partial charge in [-0.05, 0) is 48.2 Å². The lowest BCUT2D eigenvalue weighted by molar-refractivity contribution is -0.140. The zero-order chi connectivity index (χ0) is 27.0. The average molecular weight is 559 g/mol. The van der Waals surface area contributed by atoms with Gasteiger partial charge in [0.1, 0.15) is 18.3 Å². The third-order valence-corrected chi connectivity index (χ3v) is 7.10. The third kappa shape index (κ3) is 8.28. The lowest BCUT2D eigenvalue weighted by Crippen LogP contribution is -2.52. The van der Waals surface area contributed by atoms with Gasteiger partial charge in [-0.3, -0.25) is 13.9 Å². The largest absolute Gasteiger partial charge is 0.497 e. The normalized spacial score (nSPS) is 12.2. The summed E-state index contributed by atoms with van der Waals surface area (Å²) in [5.41, 5.74) is 0.883. The molecule has 0 fully saturated rings. The Labute approximate surface area is 223 Å². The topological polar surface area (TPSA) is 96.0 Å². The number of halogens is 2. The minimum Gasteiger partial charge on any atom is -0.497 e. The van der Waals surface area contributed by atoms with Gasteiger partial charge < -0.3 is 15.0 Å². The molecule has 0 aromatic heterocycles. The van der Waals surface area contributed by atoms with Gasteiger partial charge in [-0.1, -0.05) is 56.1 Å². The second-order valence-electron chi connectivity index (χ2n) is 8.80. The molecule has 0 spiro atoms. The maximum atomic E-state index is 13.7. The smallest absolute Gasteiger partial charge is 0.244 e. The summed E-state index contributed by atoms with van der Waals surface area (Å²) in [6.07, 6.45) is 1.33. The Hall–Kier alpha value is -2.49. The van der Waals surface area contributed by atoms with Crippen LogP contribution < -0.4 is 14.4 Å². The van der Waals surface area contributed by atoms with Gasteiger partial charge in [0, 0.05) is 18.1 Å². The molecule has 0 saturated carbocycles. The number of sulfonamides is 1. The highest BCUT2D eigenvalue weighted by molar-refractivity contribution is 7.92. The van der Waals surface area contributed by atoms with Crippen molar-refractivity contribution >= 4 is 50.7 Å². The number of methoxy groups -OCH3 is 1. The van der Waals surface area contributed by atoms with Gasteiger partial charge in [0.25, 0.3) is 0 Å². The average Bonchev–Trinajstić information content (AvgIpc) is 2.81. The van der Waals surface area contributed by atoms with E-state index in [1.54, 1.807) is 38.3 Å². The molecule has 0 heterocycles. The highest BCUT2D eigenvalue weighted by Gasteiger charge is 2.32. The van der Waals surface area contributed by atoms with Crippen molar-refractivity contribution in [1.29, 1.82) is 0 Å². The standard InChI is InChI=1S/C25H33Cl2N3O5S/c1-6-22(25(32)28-14-17(2)3)29(15-18-7-10-20(35-4)11-8-18)24(31)16-30(36(5,33)34)23-12-9-19(26)13-21(23)27/h7-13,17,22H,6,14-16H2,1-5H3,(H,28,32)/t22-/m0/s1. The molecule has 36 heavy (non-hydrogen) atoms. The number of rotatable bonds is 12. The molecule has 0 radical (unpaired) electrons. The first-order chi connectivity index (χ1) is 16.9. The second-order valence-corrected chi connectivity index (χ2v) is 11.5. The number of nitrogens with zero attached hydrogens (tertiary/aromatic N) is 2. The van der Waals surface area contributed by atoms with E-state index in [4.69, 9.17) is 27.9 Å². The number of nitrogens with one attached hydrogen (secondary N) is 1. The third-order valence-electron chi connectivity index (χ3n) is 5.44. The summed E-state index contributed by atoms with van der Waals surface area (Å²) >= 11 is 12.2. The van der Waals surface area contributed by atoms with Gasteiger partial charge in [0.2, 0.25) is 21.8 Å². The van der Waals surface area contributed by atoms with Crippen LogP contribution in [0.15, 0.2) is 42.5 Å². The van der Waals surface area contributed by atoms with E-state index in [0.29, 0.717) is 23.7 Å². The van der Waals surface area contributed by atoms with E-state index in [9.17, 15) is 18.0 Å². The van der Waals surface area contributed by atoms with Crippen LogP contribution in [-0.2, 0) is 26.2 Å². The van der Waals surface area contributed by atoms with Crippen LogP contribution in [0.2, 0.25) is 10.0 Å². The number of benzene rings is 2. The Morgan fingerprint density at radius 2 is 1.72 bits per heavy atom. The fourth-order valence-electron chi connectivity index (χ4n) is 3.55. The van der Waals surface area contributed by atoms with Crippen LogP contribution >= 0.6 is 23.2 Å². The number of anilines is 1. The summed E-state index contributed by atoms with van der Waals surface area (Å²) in [6.45, 7) is 5.77. The molecule has 0 aliphatic rings. The molecule has 1 N–H and O–H groups in total. The minimum absolute atomic E-state index is 0.0872. The molecule has 198 valence electrons. The van der Waals surface area contributed by atoms with Gasteiger partial charge in [-0.2, -0.15) is 0 Å². The maximum Gasteiger partial charge on any atom is 0.244 e. The van der Waals surface area contributed by atoms with Crippen LogP contribution in [-0.4, -0.2) is 57.6 Å². The highest BCUT2D eigenvalue weighted by Crippen LogP contribution is 2.30. The Bertz CT molecular complexity index is 1160. The van der Waals surface area contributed by atoms with Crippen LogP contribution in [0.5, 0.6) is 5.75 Å². The van der Waals surface area contributed by atoms with Gasteiger partial charge >= 0.3 is 0 Å². The molecule has 0 bridgehead atoms. The summed E-state index contributed by atoms with van der Waals surface area (Å²) < 4.78 is 31.5.